The van der Waals surface area contributed by atoms with Crippen molar-refractivity contribution in [3.05, 3.63) is 101 Å². The van der Waals surface area contributed by atoms with Gasteiger partial charge in [0.05, 0.1) is 0 Å². The van der Waals surface area contributed by atoms with Gasteiger partial charge in [-0.2, -0.15) is 0 Å². The van der Waals surface area contributed by atoms with Gasteiger partial charge in [-0.25, -0.2) is 0 Å². The normalized spacial score (nSPS) is 15.7. The van der Waals surface area contributed by atoms with Gasteiger partial charge < -0.3 is 0 Å². The number of hydrogen-bond donors (Lipinski definition) is 0. The molecule has 0 N–H and O–H groups in total. The molecule has 0 saturated carbocycles. The third-order valence-electron chi connectivity index (χ3n) is 5.71. The van der Waals surface area contributed by atoms with Gasteiger partial charge in [0, 0.05) is 5.92 Å². The molecule has 132 valence electrons. The van der Waals surface area contributed by atoms with Crippen molar-refractivity contribution in [2.24, 2.45) is 5.92 Å². The molecule has 0 fully saturated rings. The Morgan fingerprint density at radius 3 is 2.44 bits per heavy atom. The molecule has 4 aromatic rings. The lowest BCUT2D eigenvalue weighted by molar-refractivity contribution is 0.647. The summed E-state index contributed by atoms with van der Waals surface area (Å²) >= 11 is 0. The van der Waals surface area contributed by atoms with E-state index >= 15 is 0 Å². The minimum atomic E-state index is 0.335. The van der Waals surface area contributed by atoms with Crippen LogP contribution in [0.1, 0.15) is 42.0 Å². The second-order valence-electron chi connectivity index (χ2n) is 8.13. The van der Waals surface area contributed by atoms with Crippen molar-refractivity contribution in [1.82, 2.24) is 0 Å². The highest BCUT2D eigenvalue weighted by Gasteiger charge is 2.22. The fraction of sp³-hybridized carbons (Fsp3) is 0.185. The molecule has 1 atom stereocenters. The lowest BCUT2D eigenvalue weighted by Crippen LogP contribution is -2.01. The molecule has 1 aliphatic rings. The quantitative estimate of drug-likeness (QED) is 0.339. The topological polar surface area (TPSA) is 0 Å². The van der Waals surface area contributed by atoms with Crippen LogP contribution in [0.5, 0.6) is 0 Å². The number of fused-ring (bicyclic) bond motifs is 4. The zero-order valence-corrected chi connectivity index (χ0v) is 15.9. The molecule has 0 radical (unpaired) electrons. The first kappa shape index (κ1) is 16.3. The van der Waals surface area contributed by atoms with Crippen LogP contribution >= 0.6 is 0 Å². The van der Waals surface area contributed by atoms with Gasteiger partial charge in [-0.3, -0.25) is 0 Å². The molecule has 5 rings (SSSR count). The molecule has 0 spiro atoms. The zero-order valence-electron chi connectivity index (χ0n) is 15.9. The van der Waals surface area contributed by atoms with Crippen molar-refractivity contribution in [1.29, 1.82) is 0 Å². The van der Waals surface area contributed by atoms with Gasteiger partial charge in [-0.05, 0) is 56.1 Å². The van der Waals surface area contributed by atoms with E-state index in [-0.39, 0.29) is 0 Å². The van der Waals surface area contributed by atoms with E-state index in [0.717, 1.165) is 6.42 Å². The van der Waals surface area contributed by atoms with E-state index in [9.17, 15) is 0 Å². The van der Waals surface area contributed by atoms with Gasteiger partial charge in [0.1, 0.15) is 0 Å². The fourth-order valence-corrected chi connectivity index (χ4v) is 4.60. The first-order valence-corrected chi connectivity index (χ1v) is 9.92. The van der Waals surface area contributed by atoms with Gasteiger partial charge in [0.2, 0.25) is 0 Å². The van der Waals surface area contributed by atoms with Crippen LogP contribution in [0.3, 0.4) is 0 Å². The number of hydrogen-bond acceptors (Lipinski definition) is 0. The summed E-state index contributed by atoms with van der Waals surface area (Å²) in [5, 5.41) is 5.45. The van der Waals surface area contributed by atoms with Crippen LogP contribution in [0, 0.1) is 5.92 Å². The molecular formula is C27H24. The molecule has 1 unspecified atom stereocenters. The summed E-state index contributed by atoms with van der Waals surface area (Å²) in [5.41, 5.74) is 5.67. The second kappa shape index (κ2) is 6.39. The highest BCUT2D eigenvalue weighted by atomic mass is 14.3. The summed E-state index contributed by atoms with van der Waals surface area (Å²) in [6.07, 6.45) is 5.78. The van der Waals surface area contributed by atoms with Gasteiger partial charge in [-0.15, -0.1) is 0 Å². The van der Waals surface area contributed by atoms with Crippen LogP contribution < -0.4 is 0 Å². The first-order valence-electron chi connectivity index (χ1n) is 9.92. The molecule has 0 aromatic heterocycles. The van der Waals surface area contributed by atoms with Crippen molar-refractivity contribution >= 4 is 27.6 Å². The third-order valence-corrected chi connectivity index (χ3v) is 5.71. The van der Waals surface area contributed by atoms with E-state index < -0.39 is 0 Å². The Balaban J connectivity index is 1.83. The van der Waals surface area contributed by atoms with Crippen LogP contribution in [-0.4, -0.2) is 0 Å². The molecule has 0 amide bonds. The number of allylic oxidation sites excluding steroid dienone is 1. The average molecular weight is 348 g/mol. The highest BCUT2D eigenvalue weighted by Crippen LogP contribution is 2.41. The molecule has 0 aliphatic heterocycles. The molecule has 0 saturated heterocycles. The van der Waals surface area contributed by atoms with Crippen molar-refractivity contribution in [2.45, 2.75) is 26.2 Å². The Hall–Kier alpha value is -2.86. The van der Waals surface area contributed by atoms with E-state index in [1.807, 2.05) is 0 Å². The van der Waals surface area contributed by atoms with Crippen molar-refractivity contribution in [3.63, 3.8) is 0 Å². The molecule has 1 aliphatic carbocycles. The summed E-state index contributed by atoms with van der Waals surface area (Å²) in [6, 6.07) is 27.0. The summed E-state index contributed by atoms with van der Waals surface area (Å²) in [5.74, 6) is 0.990. The lowest BCUT2D eigenvalue weighted by Gasteiger charge is -2.19. The van der Waals surface area contributed by atoms with E-state index in [2.05, 4.69) is 98.8 Å². The highest BCUT2D eigenvalue weighted by molar-refractivity contribution is 6.10. The Kier molecular flexibility index (Phi) is 3.86. The minimum absolute atomic E-state index is 0.335. The van der Waals surface area contributed by atoms with Gasteiger partial charge >= 0.3 is 0 Å². The molecule has 4 aromatic carbocycles. The second-order valence-corrected chi connectivity index (χ2v) is 8.13. The third kappa shape index (κ3) is 2.77. The maximum Gasteiger partial charge on any atom is 0.0285 e. The maximum absolute atomic E-state index is 2.46. The smallest absolute Gasteiger partial charge is 0.0285 e. The Labute approximate surface area is 161 Å². The van der Waals surface area contributed by atoms with Crippen molar-refractivity contribution in [2.75, 3.05) is 0 Å². The number of benzene rings is 4. The summed E-state index contributed by atoms with van der Waals surface area (Å²) in [4.78, 5) is 0. The standard InChI is InChI=1S/C27H24/c1-18(2)15-19-16-22-12-11-21-8-4-6-10-24(21)27(22)26(17-19)25-14-13-20-7-3-5-9-23(20)25/h3-14,16-18,25H,15H2,1-2H3. The Morgan fingerprint density at radius 2 is 1.56 bits per heavy atom. The van der Waals surface area contributed by atoms with Crippen LogP contribution in [0.25, 0.3) is 27.6 Å². The summed E-state index contributed by atoms with van der Waals surface area (Å²) < 4.78 is 0. The first-order chi connectivity index (χ1) is 13.2. The largest absolute Gasteiger partial charge is 0.0720 e. The lowest BCUT2D eigenvalue weighted by atomic mass is 9.85. The Bertz CT molecular complexity index is 1180. The monoisotopic (exact) mass is 348 g/mol. The molecule has 0 heterocycles. The van der Waals surface area contributed by atoms with E-state index in [4.69, 9.17) is 0 Å². The van der Waals surface area contributed by atoms with E-state index in [0.29, 0.717) is 11.8 Å². The van der Waals surface area contributed by atoms with Crippen LogP contribution in [-0.2, 0) is 6.42 Å². The van der Waals surface area contributed by atoms with E-state index in [1.165, 1.54) is 43.8 Å². The van der Waals surface area contributed by atoms with Gasteiger partial charge in [0.15, 0.2) is 0 Å². The molecule has 0 heteroatoms. The van der Waals surface area contributed by atoms with Crippen molar-refractivity contribution in [3.8, 4) is 0 Å². The van der Waals surface area contributed by atoms with Gasteiger partial charge in [0.25, 0.3) is 0 Å². The van der Waals surface area contributed by atoms with Crippen LogP contribution in [0.2, 0.25) is 0 Å². The molecule has 0 bridgehead atoms. The Morgan fingerprint density at radius 1 is 0.778 bits per heavy atom. The predicted molar refractivity (Wildman–Crippen MR) is 117 cm³/mol. The summed E-state index contributed by atoms with van der Waals surface area (Å²) in [6.45, 7) is 4.60. The fourth-order valence-electron chi connectivity index (χ4n) is 4.60. The van der Waals surface area contributed by atoms with Gasteiger partial charge in [-0.1, -0.05) is 98.8 Å². The van der Waals surface area contributed by atoms with Crippen LogP contribution in [0.4, 0.5) is 0 Å². The average Bonchev–Trinajstić information content (AvgIpc) is 3.10. The maximum atomic E-state index is 2.46. The molecular weight excluding hydrogens is 324 g/mol. The zero-order chi connectivity index (χ0) is 18.4. The predicted octanol–water partition coefficient (Wildman–Crippen LogP) is 7.35. The van der Waals surface area contributed by atoms with Crippen LogP contribution in [0.15, 0.2) is 78.9 Å². The minimum Gasteiger partial charge on any atom is -0.0720 e. The van der Waals surface area contributed by atoms with Crippen molar-refractivity contribution < 1.29 is 0 Å². The SMILES string of the molecule is CC(C)Cc1cc(C2C=Cc3ccccc32)c2c(ccc3ccccc32)c1. The molecule has 27 heavy (non-hydrogen) atoms. The summed E-state index contributed by atoms with van der Waals surface area (Å²) in [7, 11) is 0. The van der Waals surface area contributed by atoms with E-state index in [1.54, 1.807) is 0 Å². The number of rotatable bonds is 3. The molecule has 0 nitrogen and oxygen atoms in total.